The molecule has 0 rings (SSSR count). The molecular formula is C12H25NO2. The van der Waals surface area contributed by atoms with Crippen molar-refractivity contribution in [3.8, 4) is 0 Å². The number of carbonyl (C=O) groups is 1. The summed E-state index contributed by atoms with van der Waals surface area (Å²) in [5, 5.41) is 9.31. The first kappa shape index (κ1) is 14.4. The van der Waals surface area contributed by atoms with E-state index in [0.717, 1.165) is 6.42 Å². The normalized spacial score (nSPS) is 15.7. The van der Waals surface area contributed by atoms with Crippen LogP contribution in [-0.4, -0.2) is 17.6 Å². The molecule has 1 atom stereocenters. The summed E-state index contributed by atoms with van der Waals surface area (Å²) in [6.45, 7) is 8.55. The number of nitrogens with two attached hydrogens (primary N) is 1. The zero-order valence-corrected chi connectivity index (χ0v) is 10.4. The molecule has 0 aliphatic rings. The molecule has 3 N–H and O–H groups in total. The lowest BCUT2D eigenvalue weighted by molar-refractivity contribution is -0.150. The van der Waals surface area contributed by atoms with Crippen LogP contribution in [0.25, 0.3) is 0 Å². The lowest BCUT2D eigenvalue weighted by atomic mass is 9.75. The van der Waals surface area contributed by atoms with Crippen molar-refractivity contribution < 1.29 is 9.90 Å². The van der Waals surface area contributed by atoms with Gasteiger partial charge in [-0.2, -0.15) is 0 Å². The van der Waals surface area contributed by atoms with Crippen LogP contribution in [0.3, 0.4) is 0 Å². The Morgan fingerprint density at radius 1 is 1.27 bits per heavy atom. The maximum absolute atomic E-state index is 11.3. The maximum Gasteiger partial charge on any atom is 0.310 e. The molecule has 0 aliphatic carbocycles. The summed E-state index contributed by atoms with van der Waals surface area (Å²) in [4.78, 5) is 11.3. The van der Waals surface area contributed by atoms with Crippen LogP contribution < -0.4 is 5.73 Å². The third-order valence-electron chi connectivity index (χ3n) is 2.84. The summed E-state index contributed by atoms with van der Waals surface area (Å²) in [7, 11) is 0. The third kappa shape index (κ3) is 4.65. The Morgan fingerprint density at radius 3 is 2.07 bits per heavy atom. The summed E-state index contributed by atoms with van der Waals surface area (Å²) in [5.74, 6) is 0.165. The number of carboxylic acid groups (broad SMARTS) is 1. The van der Waals surface area contributed by atoms with Crippen molar-refractivity contribution in [3.05, 3.63) is 0 Å². The zero-order chi connectivity index (χ0) is 12.1. The number of hydrogen-bond donors (Lipinski definition) is 2. The fourth-order valence-corrected chi connectivity index (χ4v) is 1.92. The highest BCUT2D eigenvalue weighted by molar-refractivity contribution is 5.74. The summed E-state index contributed by atoms with van der Waals surface area (Å²) in [5.41, 5.74) is 4.95. The summed E-state index contributed by atoms with van der Waals surface area (Å²) in [6, 6.07) is 0. The average Bonchev–Trinajstić information content (AvgIpc) is 2.11. The third-order valence-corrected chi connectivity index (χ3v) is 2.84. The minimum atomic E-state index is -0.737. The minimum Gasteiger partial charge on any atom is -0.481 e. The van der Waals surface area contributed by atoms with E-state index in [2.05, 4.69) is 13.8 Å². The van der Waals surface area contributed by atoms with E-state index < -0.39 is 11.4 Å². The second-order valence-corrected chi connectivity index (χ2v) is 5.32. The number of hydrogen-bond acceptors (Lipinski definition) is 2. The molecule has 0 aliphatic heterocycles. The Balaban J connectivity index is 4.58. The highest BCUT2D eigenvalue weighted by Gasteiger charge is 2.37. The molecule has 0 amide bonds. The first-order valence-electron chi connectivity index (χ1n) is 5.77. The highest BCUT2D eigenvalue weighted by atomic mass is 16.4. The van der Waals surface area contributed by atoms with E-state index >= 15 is 0 Å². The summed E-state index contributed by atoms with van der Waals surface area (Å²) in [6.07, 6.45) is 2.29. The van der Waals surface area contributed by atoms with Gasteiger partial charge in [0.1, 0.15) is 0 Å². The molecule has 15 heavy (non-hydrogen) atoms. The predicted octanol–water partition coefficient (Wildman–Crippen LogP) is 2.50. The van der Waals surface area contributed by atoms with Crippen LogP contribution in [0.5, 0.6) is 0 Å². The molecule has 0 aromatic heterocycles. The molecule has 0 radical (unpaired) electrons. The van der Waals surface area contributed by atoms with Gasteiger partial charge in [0.25, 0.3) is 0 Å². The molecule has 0 saturated carbocycles. The van der Waals surface area contributed by atoms with E-state index in [1.807, 2.05) is 13.8 Å². The number of aliphatic carboxylic acids is 1. The van der Waals surface area contributed by atoms with Gasteiger partial charge in [0, 0.05) is 6.54 Å². The van der Waals surface area contributed by atoms with Crippen LogP contribution in [0.1, 0.15) is 47.0 Å². The lowest BCUT2D eigenvalue weighted by Crippen LogP contribution is -2.40. The van der Waals surface area contributed by atoms with Crippen molar-refractivity contribution >= 4 is 5.97 Å². The Bertz CT molecular complexity index is 202. The van der Waals surface area contributed by atoms with Gasteiger partial charge in [-0.3, -0.25) is 4.79 Å². The predicted molar refractivity (Wildman–Crippen MR) is 62.7 cm³/mol. The fraction of sp³-hybridized carbons (Fsp3) is 0.917. The van der Waals surface area contributed by atoms with Gasteiger partial charge in [-0.15, -0.1) is 0 Å². The van der Waals surface area contributed by atoms with Gasteiger partial charge in [-0.25, -0.2) is 0 Å². The quantitative estimate of drug-likeness (QED) is 0.686. The second kappa shape index (κ2) is 6.11. The number of rotatable bonds is 7. The van der Waals surface area contributed by atoms with E-state index in [4.69, 9.17) is 5.73 Å². The molecule has 3 nitrogen and oxygen atoms in total. The molecule has 3 heteroatoms. The lowest BCUT2D eigenvalue weighted by Gasteiger charge is -2.30. The van der Waals surface area contributed by atoms with Crippen molar-refractivity contribution in [2.45, 2.75) is 47.0 Å². The van der Waals surface area contributed by atoms with Gasteiger partial charge in [0.2, 0.25) is 0 Å². The molecule has 90 valence electrons. The largest absolute Gasteiger partial charge is 0.481 e. The van der Waals surface area contributed by atoms with Gasteiger partial charge in [0.15, 0.2) is 0 Å². The van der Waals surface area contributed by atoms with Crippen LogP contribution in [-0.2, 0) is 4.79 Å². The summed E-state index contributed by atoms with van der Waals surface area (Å²) < 4.78 is 0. The number of carboxylic acids is 1. The molecule has 0 heterocycles. The van der Waals surface area contributed by atoms with Gasteiger partial charge >= 0.3 is 5.97 Å². The zero-order valence-electron chi connectivity index (χ0n) is 10.4. The SMILES string of the molecule is CC(C)CCC(CN)(CC(C)C)C(=O)O. The van der Waals surface area contributed by atoms with Gasteiger partial charge in [-0.1, -0.05) is 27.7 Å². The van der Waals surface area contributed by atoms with Crippen molar-refractivity contribution in [2.75, 3.05) is 6.54 Å². The van der Waals surface area contributed by atoms with E-state index in [0.29, 0.717) is 24.7 Å². The standard InChI is InChI=1S/C12H25NO2/c1-9(2)5-6-12(8-13,11(14)15)7-10(3)4/h9-10H,5-8,13H2,1-4H3,(H,14,15). The fourth-order valence-electron chi connectivity index (χ4n) is 1.92. The Morgan fingerprint density at radius 2 is 1.80 bits per heavy atom. The Kier molecular flexibility index (Phi) is 5.88. The molecule has 1 unspecified atom stereocenters. The second-order valence-electron chi connectivity index (χ2n) is 5.32. The molecule has 0 spiro atoms. The first-order valence-corrected chi connectivity index (χ1v) is 5.77. The topological polar surface area (TPSA) is 63.3 Å². The monoisotopic (exact) mass is 215 g/mol. The van der Waals surface area contributed by atoms with Crippen molar-refractivity contribution in [1.29, 1.82) is 0 Å². The van der Waals surface area contributed by atoms with Crippen molar-refractivity contribution in [3.63, 3.8) is 0 Å². The van der Waals surface area contributed by atoms with E-state index in [-0.39, 0.29) is 6.54 Å². The molecule has 0 fully saturated rings. The summed E-state index contributed by atoms with van der Waals surface area (Å²) >= 11 is 0. The van der Waals surface area contributed by atoms with Crippen molar-refractivity contribution in [2.24, 2.45) is 23.0 Å². The minimum absolute atomic E-state index is 0.243. The first-order chi connectivity index (χ1) is 6.84. The van der Waals surface area contributed by atoms with Gasteiger partial charge in [0.05, 0.1) is 5.41 Å². The van der Waals surface area contributed by atoms with Crippen molar-refractivity contribution in [1.82, 2.24) is 0 Å². The average molecular weight is 215 g/mol. The van der Waals surface area contributed by atoms with Gasteiger partial charge < -0.3 is 10.8 Å². The van der Waals surface area contributed by atoms with E-state index in [1.54, 1.807) is 0 Å². The smallest absolute Gasteiger partial charge is 0.310 e. The van der Waals surface area contributed by atoms with Gasteiger partial charge in [-0.05, 0) is 31.1 Å². The molecular weight excluding hydrogens is 190 g/mol. The Hall–Kier alpha value is -0.570. The molecule has 0 saturated heterocycles. The molecule has 0 aromatic carbocycles. The Labute approximate surface area is 93.0 Å². The highest BCUT2D eigenvalue weighted by Crippen LogP contribution is 2.32. The maximum atomic E-state index is 11.3. The van der Waals surface area contributed by atoms with Crippen LogP contribution >= 0.6 is 0 Å². The van der Waals surface area contributed by atoms with E-state index in [9.17, 15) is 9.90 Å². The van der Waals surface area contributed by atoms with Crippen LogP contribution in [0.15, 0.2) is 0 Å². The van der Waals surface area contributed by atoms with Crippen LogP contribution in [0.2, 0.25) is 0 Å². The van der Waals surface area contributed by atoms with E-state index in [1.165, 1.54) is 0 Å². The molecule has 0 aromatic rings. The molecule has 0 bridgehead atoms. The van der Waals surface area contributed by atoms with Crippen LogP contribution in [0, 0.1) is 17.3 Å². The van der Waals surface area contributed by atoms with Crippen LogP contribution in [0.4, 0.5) is 0 Å².